The van der Waals surface area contributed by atoms with Gasteiger partial charge in [-0.2, -0.15) is 0 Å². The van der Waals surface area contributed by atoms with Crippen LogP contribution in [0, 0.1) is 5.92 Å². The molecule has 0 N–H and O–H groups in total. The van der Waals surface area contributed by atoms with Crippen molar-refractivity contribution in [2.75, 3.05) is 19.7 Å². The SMILES string of the molecule is O=C(c1ccccc1)c1ccc(C(=O)N2CCC(COCc3ccccc3)CC2)cc1. The summed E-state index contributed by atoms with van der Waals surface area (Å²) in [5, 5.41) is 0. The summed E-state index contributed by atoms with van der Waals surface area (Å²) < 4.78 is 5.88. The van der Waals surface area contributed by atoms with Gasteiger partial charge in [-0.3, -0.25) is 9.59 Å². The van der Waals surface area contributed by atoms with Crippen molar-refractivity contribution in [1.29, 1.82) is 0 Å². The third-order valence-corrected chi connectivity index (χ3v) is 5.80. The highest BCUT2D eigenvalue weighted by molar-refractivity contribution is 6.09. The molecule has 0 aliphatic carbocycles. The number of likely N-dealkylation sites (tertiary alicyclic amines) is 1. The maximum Gasteiger partial charge on any atom is 0.253 e. The van der Waals surface area contributed by atoms with Gasteiger partial charge in [0.2, 0.25) is 0 Å². The van der Waals surface area contributed by atoms with E-state index in [0.29, 0.717) is 29.2 Å². The van der Waals surface area contributed by atoms with Gasteiger partial charge in [0, 0.05) is 36.4 Å². The number of carbonyl (C=O) groups excluding carboxylic acids is 2. The quantitative estimate of drug-likeness (QED) is 0.513. The molecule has 3 aromatic rings. The zero-order valence-corrected chi connectivity index (χ0v) is 17.6. The Kier molecular flexibility index (Phi) is 6.90. The molecule has 0 atom stereocenters. The van der Waals surface area contributed by atoms with Crippen LogP contribution >= 0.6 is 0 Å². The zero-order valence-electron chi connectivity index (χ0n) is 17.6. The highest BCUT2D eigenvalue weighted by atomic mass is 16.5. The van der Waals surface area contributed by atoms with Crippen LogP contribution in [0.1, 0.15) is 44.7 Å². The molecule has 158 valence electrons. The number of hydrogen-bond acceptors (Lipinski definition) is 3. The van der Waals surface area contributed by atoms with E-state index in [1.807, 2.05) is 41.3 Å². The van der Waals surface area contributed by atoms with Gasteiger partial charge in [-0.15, -0.1) is 0 Å². The second-order valence-corrected chi connectivity index (χ2v) is 8.01. The van der Waals surface area contributed by atoms with Crippen LogP contribution in [0.5, 0.6) is 0 Å². The van der Waals surface area contributed by atoms with Gasteiger partial charge in [-0.05, 0) is 36.5 Å². The van der Waals surface area contributed by atoms with Gasteiger partial charge in [-0.1, -0.05) is 72.8 Å². The van der Waals surface area contributed by atoms with Gasteiger partial charge in [0.25, 0.3) is 5.91 Å². The summed E-state index contributed by atoms with van der Waals surface area (Å²) in [4.78, 5) is 27.3. The van der Waals surface area contributed by atoms with Crippen LogP contribution in [0.15, 0.2) is 84.9 Å². The maximum absolute atomic E-state index is 12.9. The second-order valence-electron chi connectivity index (χ2n) is 8.01. The molecule has 1 fully saturated rings. The standard InChI is InChI=1S/C27H27NO3/c29-26(23-9-5-2-6-10-23)24-11-13-25(14-12-24)27(30)28-17-15-22(16-18-28)20-31-19-21-7-3-1-4-8-21/h1-14,22H,15-20H2. The Bertz CT molecular complexity index is 992. The summed E-state index contributed by atoms with van der Waals surface area (Å²) in [6, 6.07) is 26.4. The number of carbonyl (C=O) groups is 2. The Morgan fingerprint density at radius 1 is 0.742 bits per heavy atom. The van der Waals surface area contributed by atoms with E-state index in [9.17, 15) is 9.59 Å². The fourth-order valence-electron chi connectivity index (χ4n) is 3.92. The molecule has 1 saturated heterocycles. The molecule has 0 radical (unpaired) electrons. The maximum atomic E-state index is 12.9. The molecule has 0 unspecified atom stereocenters. The van der Waals surface area contributed by atoms with E-state index in [4.69, 9.17) is 4.74 Å². The molecule has 0 saturated carbocycles. The first-order chi connectivity index (χ1) is 15.2. The van der Waals surface area contributed by atoms with Gasteiger partial charge in [0.05, 0.1) is 6.61 Å². The first-order valence-electron chi connectivity index (χ1n) is 10.8. The van der Waals surface area contributed by atoms with E-state index >= 15 is 0 Å². The van der Waals surface area contributed by atoms with Crippen LogP contribution in [0.25, 0.3) is 0 Å². The second kappa shape index (κ2) is 10.2. The Balaban J connectivity index is 1.26. The highest BCUT2D eigenvalue weighted by Gasteiger charge is 2.24. The van der Waals surface area contributed by atoms with E-state index in [0.717, 1.165) is 32.5 Å². The number of ether oxygens (including phenoxy) is 1. The average molecular weight is 414 g/mol. The minimum absolute atomic E-state index is 0.0300. The van der Waals surface area contributed by atoms with E-state index in [2.05, 4.69) is 12.1 Å². The van der Waals surface area contributed by atoms with Gasteiger partial charge in [-0.25, -0.2) is 0 Å². The van der Waals surface area contributed by atoms with Crippen molar-refractivity contribution in [2.45, 2.75) is 19.4 Å². The molecule has 0 spiro atoms. The fraction of sp³-hybridized carbons (Fsp3) is 0.259. The van der Waals surface area contributed by atoms with Crippen LogP contribution in [0.4, 0.5) is 0 Å². The van der Waals surface area contributed by atoms with E-state index in [-0.39, 0.29) is 11.7 Å². The molecule has 31 heavy (non-hydrogen) atoms. The van der Waals surface area contributed by atoms with Crippen molar-refractivity contribution in [2.24, 2.45) is 5.92 Å². The molecule has 0 bridgehead atoms. The molecular formula is C27H27NO3. The summed E-state index contributed by atoms with van der Waals surface area (Å²) in [5.74, 6) is 0.483. The molecule has 4 rings (SSSR count). The molecule has 1 heterocycles. The van der Waals surface area contributed by atoms with Crippen molar-refractivity contribution in [1.82, 2.24) is 4.90 Å². The van der Waals surface area contributed by atoms with Crippen LogP contribution in [-0.2, 0) is 11.3 Å². The Hall–Kier alpha value is -3.24. The van der Waals surface area contributed by atoms with E-state index < -0.39 is 0 Å². The Labute approximate surface area is 183 Å². The predicted octanol–water partition coefficient (Wildman–Crippen LogP) is 4.99. The number of piperidine rings is 1. The lowest BCUT2D eigenvalue weighted by Gasteiger charge is -2.32. The monoisotopic (exact) mass is 413 g/mol. The Morgan fingerprint density at radius 2 is 1.29 bits per heavy atom. The molecule has 1 aliphatic rings. The number of amides is 1. The number of nitrogens with zero attached hydrogens (tertiary/aromatic N) is 1. The van der Waals surface area contributed by atoms with Crippen molar-refractivity contribution in [3.05, 3.63) is 107 Å². The summed E-state index contributed by atoms with van der Waals surface area (Å²) in [6.45, 7) is 2.84. The molecular weight excluding hydrogens is 386 g/mol. The minimum Gasteiger partial charge on any atom is -0.376 e. The third kappa shape index (κ3) is 5.47. The molecule has 4 nitrogen and oxygen atoms in total. The van der Waals surface area contributed by atoms with E-state index in [1.165, 1.54) is 5.56 Å². The Morgan fingerprint density at radius 3 is 1.94 bits per heavy atom. The lowest BCUT2D eigenvalue weighted by Crippen LogP contribution is -2.39. The number of hydrogen-bond donors (Lipinski definition) is 0. The van der Waals surface area contributed by atoms with Crippen LogP contribution in [0.3, 0.4) is 0 Å². The molecule has 3 aromatic carbocycles. The summed E-state index contributed by atoms with van der Waals surface area (Å²) >= 11 is 0. The normalized spacial score (nSPS) is 14.4. The lowest BCUT2D eigenvalue weighted by molar-refractivity contribution is 0.0478. The average Bonchev–Trinajstić information content (AvgIpc) is 2.85. The summed E-state index contributed by atoms with van der Waals surface area (Å²) in [7, 11) is 0. The van der Waals surface area contributed by atoms with Crippen molar-refractivity contribution < 1.29 is 14.3 Å². The largest absolute Gasteiger partial charge is 0.376 e. The number of rotatable bonds is 7. The van der Waals surface area contributed by atoms with Crippen molar-refractivity contribution in [3.8, 4) is 0 Å². The van der Waals surface area contributed by atoms with Crippen molar-refractivity contribution in [3.63, 3.8) is 0 Å². The highest BCUT2D eigenvalue weighted by Crippen LogP contribution is 2.20. The number of ketones is 1. The van der Waals surface area contributed by atoms with Gasteiger partial charge in [0.15, 0.2) is 5.78 Å². The fourth-order valence-corrected chi connectivity index (χ4v) is 3.92. The number of benzene rings is 3. The van der Waals surface area contributed by atoms with Gasteiger partial charge in [0.1, 0.15) is 0 Å². The summed E-state index contributed by atoms with van der Waals surface area (Å²) in [6.07, 6.45) is 1.90. The lowest BCUT2D eigenvalue weighted by atomic mass is 9.97. The van der Waals surface area contributed by atoms with Crippen LogP contribution in [-0.4, -0.2) is 36.3 Å². The topological polar surface area (TPSA) is 46.6 Å². The first-order valence-corrected chi connectivity index (χ1v) is 10.8. The van der Waals surface area contributed by atoms with Crippen LogP contribution in [0.2, 0.25) is 0 Å². The van der Waals surface area contributed by atoms with Gasteiger partial charge >= 0.3 is 0 Å². The van der Waals surface area contributed by atoms with Gasteiger partial charge < -0.3 is 9.64 Å². The van der Waals surface area contributed by atoms with Crippen LogP contribution < -0.4 is 0 Å². The predicted molar refractivity (Wildman–Crippen MR) is 121 cm³/mol. The third-order valence-electron chi connectivity index (χ3n) is 5.80. The molecule has 0 aromatic heterocycles. The van der Waals surface area contributed by atoms with Crippen molar-refractivity contribution >= 4 is 11.7 Å². The molecule has 1 aliphatic heterocycles. The first kappa shape index (κ1) is 21.0. The molecule has 1 amide bonds. The minimum atomic E-state index is -0.0316. The summed E-state index contributed by atoms with van der Waals surface area (Å²) in [5.41, 5.74) is 3.06. The molecule has 4 heteroatoms. The smallest absolute Gasteiger partial charge is 0.253 e. The van der Waals surface area contributed by atoms with E-state index in [1.54, 1.807) is 36.4 Å². The zero-order chi connectivity index (χ0) is 21.5.